The molecule has 3 aromatic carbocycles. The number of benzene rings is 3. The second kappa shape index (κ2) is 12.2. The summed E-state index contributed by atoms with van der Waals surface area (Å²) < 4.78 is 15.2. The van der Waals surface area contributed by atoms with E-state index in [0.29, 0.717) is 5.39 Å². The van der Waals surface area contributed by atoms with E-state index in [2.05, 4.69) is 56.0 Å². The normalized spacial score (nSPS) is 18.0. The third-order valence-electron chi connectivity index (χ3n) is 7.62. The lowest BCUT2D eigenvalue weighted by Gasteiger charge is -2.26. The largest absolute Gasteiger partial charge is 0.206 e. The SMILES string of the molecule is CCCCCCc1ccc(C#Cc2ccc3c(F)c(CCC4CCC(C)CC4)ccc3c2)cc1. The summed E-state index contributed by atoms with van der Waals surface area (Å²) in [4.78, 5) is 0. The van der Waals surface area contributed by atoms with Gasteiger partial charge in [-0.05, 0) is 78.3 Å². The van der Waals surface area contributed by atoms with Crippen molar-refractivity contribution in [3.63, 3.8) is 0 Å². The number of aryl methyl sites for hydroxylation is 2. The Labute approximate surface area is 206 Å². The van der Waals surface area contributed by atoms with Gasteiger partial charge in [0, 0.05) is 16.5 Å². The van der Waals surface area contributed by atoms with E-state index in [-0.39, 0.29) is 5.82 Å². The molecule has 1 fully saturated rings. The Balaban J connectivity index is 1.38. The van der Waals surface area contributed by atoms with Gasteiger partial charge >= 0.3 is 0 Å². The van der Waals surface area contributed by atoms with E-state index in [4.69, 9.17) is 0 Å². The molecule has 0 nitrogen and oxygen atoms in total. The summed E-state index contributed by atoms with van der Waals surface area (Å²) >= 11 is 0. The molecule has 0 heterocycles. The van der Waals surface area contributed by atoms with Gasteiger partial charge in [0.15, 0.2) is 0 Å². The first-order valence-electron chi connectivity index (χ1n) is 13.4. The summed E-state index contributed by atoms with van der Waals surface area (Å²) in [5, 5.41) is 1.65. The molecule has 0 atom stereocenters. The summed E-state index contributed by atoms with van der Waals surface area (Å²) in [7, 11) is 0. The van der Waals surface area contributed by atoms with E-state index in [1.54, 1.807) is 0 Å². The molecule has 178 valence electrons. The zero-order valence-corrected chi connectivity index (χ0v) is 21.0. The number of halogens is 1. The zero-order valence-electron chi connectivity index (χ0n) is 21.0. The maximum absolute atomic E-state index is 15.2. The van der Waals surface area contributed by atoms with Crippen LogP contribution in [0.15, 0.2) is 54.6 Å². The fourth-order valence-corrected chi connectivity index (χ4v) is 5.24. The Bertz CT molecular complexity index is 1120. The molecule has 1 aliphatic carbocycles. The van der Waals surface area contributed by atoms with E-state index in [1.807, 2.05) is 24.3 Å². The van der Waals surface area contributed by atoms with Crippen molar-refractivity contribution in [2.24, 2.45) is 11.8 Å². The molecule has 0 saturated heterocycles. The lowest BCUT2D eigenvalue weighted by atomic mass is 9.80. The fraction of sp³-hybridized carbons (Fsp3) is 0.455. The smallest absolute Gasteiger partial charge is 0.134 e. The summed E-state index contributed by atoms with van der Waals surface area (Å²) in [6, 6.07) is 18.5. The highest BCUT2D eigenvalue weighted by atomic mass is 19.1. The molecular formula is C33H39F. The Morgan fingerprint density at radius 2 is 1.53 bits per heavy atom. The van der Waals surface area contributed by atoms with Gasteiger partial charge < -0.3 is 0 Å². The Hall–Kier alpha value is -2.59. The van der Waals surface area contributed by atoms with Gasteiger partial charge in [-0.1, -0.05) is 101 Å². The van der Waals surface area contributed by atoms with Gasteiger partial charge in [0.2, 0.25) is 0 Å². The summed E-state index contributed by atoms with van der Waals surface area (Å²) in [5.74, 6) is 8.12. The van der Waals surface area contributed by atoms with Crippen molar-refractivity contribution in [1.29, 1.82) is 0 Å². The monoisotopic (exact) mass is 454 g/mol. The van der Waals surface area contributed by atoms with Gasteiger partial charge in [0.25, 0.3) is 0 Å². The summed E-state index contributed by atoms with van der Waals surface area (Å²) in [6.45, 7) is 4.60. The van der Waals surface area contributed by atoms with Crippen molar-refractivity contribution < 1.29 is 4.39 Å². The van der Waals surface area contributed by atoms with E-state index < -0.39 is 0 Å². The minimum atomic E-state index is -0.0456. The minimum Gasteiger partial charge on any atom is -0.206 e. The first-order valence-corrected chi connectivity index (χ1v) is 13.4. The highest BCUT2D eigenvalue weighted by Gasteiger charge is 2.18. The zero-order chi connectivity index (χ0) is 23.8. The van der Waals surface area contributed by atoms with Gasteiger partial charge in [0.1, 0.15) is 5.82 Å². The first kappa shape index (κ1) is 24.5. The molecule has 3 aromatic rings. The highest BCUT2D eigenvalue weighted by Crippen LogP contribution is 2.32. The molecule has 0 radical (unpaired) electrons. The summed E-state index contributed by atoms with van der Waals surface area (Å²) in [5.41, 5.74) is 4.20. The van der Waals surface area contributed by atoms with Gasteiger partial charge in [-0.15, -0.1) is 0 Å². The molecule has 1 heteroatoms. The first-order chi connectivity index (χ1) is 16.6. The van der Waals surface area contributed by atoms with Crippen LogP contribution in [0.3, 0.4) is 0 Å². The molecular weight excluding hydrogens is 415 g/mol. The van der Waals surface area contributed by atoms with E-state index in [0.717, 1.165) is 53.2 Å². The van der Waals surface area contributed by atoms with Crippen LogP contribution in [0.1, 0.15) is 93.9 Å². The number of hydrogen-bond acceptors (Lipinski definition) is 0. The molecule has 34 heavy (non-hydrogen) atoms. The molecule has 0 aliphatic heterocycles. The third kappa shape index (κ3) is 6.73. The van der Waals surface area contributed by atoms with Gasteiger partial charge in [-0.2, -0.15) is 0 Å². The van der Waals surface area contributed by atoms with Crippen LogP contribution in [0.25, 0.3) is 10.8 Å². The maximum Gasteiger partial charge on any atom is 0.134 e. The van der Waals surface area contributed by atoms with Crippen LogP contribution in [-0.4, -0.2) is 0 Å². The van der Waals surface area contributed by atoms with Crippen LogP contribution < -0.4 is 0 Å². The number of fused-ring (bicyclic) bond motifs is 1. The van der Waals surface area contributed by atoms with Gasteiger partial charge in [-0.25, -0.2) is 4.39 Å². The Morgan fingerprint density at radius 3 is 2.29 bits per heavy atom. The van der Waals surface area contributed by atoms with Crippen molar-refractivity contribution >= 4 is 10.8 Å². The molecule has 0 aromatic heterocycles. The molecule has 0 spiro atoms. The van der Waals surface area contributed by atoms with E-state index >= 15 is 4.39 Å². The van der Waals surface area contributed by atoms with Crippen LogP contribution in [0, 0.1) is 29.5 Å². The van der Waals surface area contributed by atoms with E-state index in [1.165, 1.54) is 56.9 Å². The van der Waals surface area contributed by atoms with Crippen LogP contribution in [-0.2, 0) is 12.8 Å². The predicted octanol–water partition coefficient (Wildman–Crippen LogP) is 9.26. The molecule has 4 rings (SSSR count). The minimum absolute atomic E-state index is 0.0456. The Kier molecular flexibility index (Phi) is 8.81. The van der Waals surface area contributed by atoms with Crippen molar-refractivity contribution in [1.82, 2.24) is 0 Å². The van der Waals surface area contributed by atoms with Crippen molar-refractivity contribution in [3.8, 4) is 11.8 Å². The average Bonchev–Trinajstić information content (AvgIpc) is 2.87. The van der Waals surface area contributed by atoms with Crippen molar-refractivity contribution in [2.75, 3.05) is 0 Å². The lowest BCUT2D eigenvalue weighted by molar-refractivity contribution is 0.277. The van der Waals surface area contributed by atoms with Crippen LogP contribution in [0.5, 0.6) is 0 Å². The van der Waals surface area contributed by atoms with Crippen LogP contribution in [0.4, 0.5) is 4.39 Å². The van der Waals surface area contributed by atoms with Crippen molar-refractivity contribution in [2.45, 2.75) is 84.5 Å². The molecule has 0 bridgehead atoms. The third-order valence-corrected chi connectivity index (χ3v) is 7.62. The molecule has 1 saturated carbocycles. The second-order valence-electron chi connectivity index (χ2n) is 10.4. The van der Waals surface area contributed by atoms with Crippen LogP contribution in [0.2, 0.25) is 0 Å². The number of rotatable bonds is 8. The number of unbranched alkanes of at least 4 members (excludes halogenated alkanes) is 3. The lowest BCUT2D eigenvalue weighted by Crippen LogP contribution is -2.13. The summed E-state index contributed by atoms with van der Waals surface area (Å²) in [6.07, 6.45) is 13.5. The topological polar surface area (TPSA) is 0 Å². The molecule has 0 N–H and O–H groups in total. The van der Waals surface area contributed by atoms with Gasteiger partial charge in [-0.3, -0.25) is 0 Å². The standard InChI is InChI=1S/C33H39F/c1-3-4-5-6-7-26-12-14-28(15-13-26)16-17-29-19-23-32-31(24-29)22-21-30(33(32)34)20-18-27-10-8-25(2)9-11-27/h12-15,19,21-25,27H,3-11,18,20H2,1-2H3. The van der Waals surface area contributed by atoms with Crippen molar-refractivity contribution in [3.05, 3.63) is 82.7 Å². The quantitative estimate of drug-likeness (QED) is 0.235. The average molecular weight is 455 g/mol. The maximum atomic E-state index is 15.2. The Morgan fingerprint density at radius 1 is 0.794 bits per heavy atom. The van der Waals surface area contributed by atoms with Gasteiger partial charge in [0.05, 0.1) is 0 Å². The van der Waals surface area contributed by atoms with E-state index in [9.17, 15) is 0 Å². The molecule has 1 aliphatic rings. The van der Waals surface area contributed by atoms with Crippen LogP contribution >= 0.6 is 0 Å². The highest BCUT2D eigenvalue weighted by molar-refractivity contribution is 5.85. The second-order valence-corrected chi connectivity index (χ2v) is 10.4. The fourth-order valence-electron chi connectivity index (χ4n) is 5.24. The predicted molar refractivity (Wildman–Crippen MR) is 144 cm³/mol. The molecule has 0 unspecified atom stereocenters. The number of hydrogen-bond donors (Lipinski definition) is 0. The molecule has 0 amide bonds.